The van der Waals surface area contributed by atoms with Gasteiger partial charge >= 0.3 is 6.18 Å². The van der Waals surface area contributed by atoms with Crippen molar-refractivity contribution < 1.29 is 26.4 Å². The zero-order valence-electron chi connectivity index (χ0n) is 18.4. The molecular formula is C23H27F3N2O3S. The minimum absolute atomic E-state index is 0.143. The lowest BCUT2D eigenvalue weighted by atomic mass is 9.94. The van der Waals surface area contributed by atoms with Crippen LogP contribution in [0.15, 0.2) is 42.5 Å². The molecule has 2 N–H and O–H groups in total. The number of carbonyl (C=O) groups is 1. The summed E-state index contributed by atoms with van der Waals surface area (Å²) in [5.74, 6) is -0.462. The average molecular weight is 469 g/mol. The number of amides is 1. The summed E-state index contributed by atoms with van der Waals surface area (Å²) < 4.78 is 63.9. The van der Waals surface area contributed by atoms with Crippen molar-refractivity contribution in [2.24, 2.45) is 5.92 Å². The Morgan fingerprint density at radius 1 is 1.19 bits per heavy atom. The van der Waals surface area contributed by atoms with Crippen LogP contribution in [0, 0.1) is 12.8 Å². The Hall–Kier alpha value is -2.55. The molecule has 1 aliphatic carbocycles. The standard InChI is InChI=1S/C23H27F3N2O3S/c1-5-19(15-6-11-20(14(2)12-15)28-32(4,30)31)27-21(29)18-13-22(18,3)16-7-9-17(10-8-16)23(24,25)26/h6-12,18-19,28H,5,13H2,1-4H3,(H,27,29)/t18-,19?,22-/m1/s1. The molecule has 2 aromatic rings. The van der Waals surface area contributed by atoms with Gasteiger partial charge in [-0.1, -0.05) is 38.1 Å². The first-order valence-electron chi connectivity index (χ1n) is 10.3. The third kappa shape index (κ3) is 5.26. The number of benzene rings is 2. The van der Waals surface area contributed by atoms with Gasteiger partial charge in [0.05, 0.1) is 23.5 Å². The number of carbonyl (C=O) groups excluding carboxylic acids is 1. The highest BCUT2D eigenvalue weighted by Crippen LogP contribution is 2.54. The van der Waals surface area contributed by atoms with E-state index in [1.165, 1.54) is 12.1 Å². The van der Waals surface area contributed by atoms with Crippen LogP contribution >= 0.6 is 0 Å². The maximum Gasteiger partial charge on any atom is 0.416 e. The molecule has 0 spiro atoms. The molecule has 0 aliphatic heterocycles. The van der Waals surface area contributed by atoms with Gasteiger partial charge in [0.2, 0.25) is 15.9 Å². The molecule has 0 saturated heterocycles. The number of anilines is 1. The molecule has 5 nitrogen and oxygen atoms in total. The van der Waals surface area contributed by atoms with Gasteiger partial charge in [0, 0.05) is 11.3 Å². The third-order valence-electron chi connectivity index (χ3n) is 6.10. The third-order valence-corrected chi connectivity index (χ3v) is 6.69. The Bertz CT molecular complexity index is 1110. The largest absolute Gasteiger partial charge is 0.416 e. The fraction of sp³-hybridized carbons (Fsp3) is 0.435. The van der Waals surface area contributed by atoms with E-state index in [1.807, 2.05) is 19.9 Å². The molecule has 3 rings (SSSR count). The zero-order valence-corrected chi connectivity index (χ0v) is 19.2. The van der Waals surface area contributed by atoms with Gasteiger partial charge < -0.3 is 5.32 Å². The van der Waals surface area contributed by atoms with Crippen molar-refractivity contribution in [3.63, 3.8) is 0 Å². The minimum atomic E-state index is -4.39. The second-order valence-corrected chi connectivity index (χ2v) is 10.4. The van der Waals surface area contributed by atoms with Gasteiger partial charge in [0.1, 0.15) is 0 Å². The normalized spacial score (nSPS) is 21.7. The van der Waals surface area contributed by atoms with E-state index in [4.69, 9.17) is 0 Å². The number of alkyl halides is 3. The molecule has 3 atom stereocenters. The molecule has 0 heterocycles. The van der Waals surface area contributed by atoms with E-state index < -0.39 is 27.2 Å². The molecule has 0 aromatic heterocycles. The highest BCUT2D eigenvalue weighted by Gasteiger charge is 2.55. The molecule has 0 radical (unpaired) electrons. The summed E-state index contributed by atoms with van der Waals surface area (Å²) in [6, 6.07) is 10.0. The van der Waals surface area contributed by atoms with E-state index >= 15 is 0 Å². The van der Waals surface area contributed by atoms with Crippen LogP contribution in [0.1, 0.15) is 55.0 Å². The van der Waals surface area contributed by atoms with E-state index in [1.54, 1.807) is 19.1 Å². The van der Waals surface area contributed by atoms with Crippen LogP contribution in [0.25, 0.3) is 0 Å². The van der Waals surface area contributed by atoms with Gasteiger partial charge in [-0.2, -0.15) is 13.2 Å². The fourth-order valence-electron chi connectivity index (χ4n) is 4.02. The van der Waals surface area contributed by atoms with Crippen LogP contribution in [0.5, 0.6) is 0 Å². The lowest BCUT2D eigenvalue weighted by Gasteiger charge is -2.20. The Morgan fingerprint density at radius 3 is 2.31 bits per heavy atom. The minimum Gasteiger partial charge on any atom is -0.349 e. The molecule has 1 amide bonds. The second-order valence-electron chi connectivity index (χ2n) is 8.67. The van der Waals surface area contributed by atoms with Crippen LogP contribution in [0.2, 0.25) is 0 Å². The van der Waals surface area contributed by atoms with Crippen molar-refractivity contribution in [1.82, 2.24) is 5.32 Å². The summed E-state index contributed by atoms with van der Waals surface area (Å²) >= 11 is 0. The Balaban J connectivity index is 1.70. The van der Waals surface area contributed by atoms with E-state index in [9.17, 15) is 26.4 Å². The smallest absolute Gasteiger partial charge is 0.349 e. The summed E-state index contributed by atoms with van der Waals surface area (Å²) in [6.45, 7) is 5.61. The predicted octanol–water partition coefficient (Wildman–Crippen LogP) is 4.93. The zero-order chi connectivity index (χ0) is 23.9. The van der Waals surface area contributed by atoms with Gasteiger partial charge in [-0.3, -0.25) is 9.52 Å². The number of sulfonamides is 1. The summed E-state index contributed by atoms with van der Waals surface area (Å²) in [4.78, 5) is 12.9. The van der Waals surface area contributed by atoms with E-state index in [-0.39, 0.29) is 17.9 Å². The van der Waals surface area contributed by atoms with Crippen LogP contribution in [-0.2, 0) is 26.4 Å². The first-order valence-corrected chi connectivity index (χ1v) is 12.2. The van der Waals surface area contributed by atoms with Crippen LogP contribution in [0.3, 0.4) is 0 Å². The Morgan fingerprint density at radius 2 is 1.81 bits per heavy atom. The Labute approximate surface area is 186 Å². The van der Waals surface area contributed by atoms with Crippen molar-refractivity contribution in [1.29, 1.82) is 0 Å². The Kier molecular flexibility index (Phi) is 6.34. The summed E-state index contributed by atoms with van der Waals surface area (Å²) in [5.41, 5.74) is 1.59. The highest BCUT2D eigenvalue weighted by molar-refractivity contribution is 7.92. The van der Waals surface area contributed by atoms with E-state index in [2.05, 4.69) is 10.0 Å². The first-order chi connectivity index (χ1) is 14.7. The number of hydrogen-bond acceptors (Lipinski definition) is 3. The molecule has 1 fully saturated rings. The lowest BCUT2D eigenvalue weighted by molar-refractivity contribution is -0.137. The average Bonchev–Trinajstić information content (AvgIpc) is 3.39. The van der Waals surface area contributed by atoms with E-state index in [0.29, 0.717) is 24.1 Å². The van der Waals surface area contributed by atoms with Crippen LogP contribution < -0.4 is 10.0 Å². The number of rotatable bonds is 7. The topological polar surface area (TPSA) is 75.3 Å². The van der Waals surface area contributed by atoms with Gasteiger partial charge in [0.15, 0.2) is 0 Å². The van der Waals surface area contributed by atoms with Crippen molar-refractivity contribution in [3.05, 3.63) is 64.7 Å². The molecular weight excluding hydrogens is 441 g/mol. The number of hydrogen-bond donors (Lipinski definition) is 2. The molecule has 1 unspecified atom stereocenters. The van der Waals surface area contributed by atoms with Crippen molar-refractivity contribution in [2.75, 3.05) is 11.0 Å². The van der Waals surface area contributed by atoms with Crippen molar-refractivity contribution in [2.45, 2.75) is 51.2 Å². The molecule has 174 valence electrons. The molecule has 2 aromatic carbocycles. The predicted molar refractivity (Wildman–Crippen MR) is 118 cm³/mol. The SMILES string of the molecule is CCC(NC(=O)[C@H]1C[C@]1(C)c1ccc(C(F)(F)F)cc1)c1ccc(NS(C)(=O)=O)c(C)c1. The molecule has 9 heteroatoms. The van der Waals surface area contributed by atoms with Crippen LogP contribution in [0.4, 0.5) is 18.9 Å². The fourth-order valence-corrected chi connectivity index (χ4v) is 4.65. The molecule has 1 saturated carbocycles. The number of halogens is 3. The summed E-state index contributed by atoms with van der Waals surface area (Å²) in [6.07, 6.45) is -2.11. The van der Waals surface area contributed by atoms with Gasteiger partial charge in [-0.05, 0) is 54.7 Å². The monoisotopic (exact) mass is 468 g/mol. The van der Waals surface area contributed by atoms with Crippen LogP contribution in [-0.4, -0.2) is 20.6 Å². The van der Waals surface area contributed by atoms with Gasteiger partial charge in [-0.25, -0.2) is 8.42 Å². The van der Waals surface area contributed by atoms with Gasteiger partial charge in [0.25, 0.3) is 0 Å². The first kappa shape index (κ1) is 24.1. The lowest BCUT2D eigenvalue weighted by Crippen LogP contribution is -2.31. The summed E-state index contributed by atoms with van der Waals surface area (Å²) in [7, 11) is -3.39. The van der Waals surface area contributed by atoms with E-state index in [0.717, 1.165) is 29.5 Å². The summed E-state index contributed by atoms with van der Waals surface area (Å²) in [5, 5.41) is 3.04. The molecule has 1 aliphatic rings. The van der Waals surface area contributed by atoms with Crippen molar-refractivity contribution in [3.8, 4) is 0 Å². The number of nitrogens with one attached hydrogen (secondary N) is 2. The maximum absolute atomic E-state index is 12.9. The van der Waals surface area contributed by atoms with Gasteiger partial charge in [-0.15, -0.1) is 0 Å². The second kappa shape index (κ2) is 8.42. The van der Waals surface area contributed by atoms with Crippen molar-refractivity contribution >= 4 is 21.6 Å². The molecule has 32 heavy (non-hydrogen) atoms. The highest BCUT2D eigenvalue weighted by atomic mass is 32.2. The quantitative estimate of drug-likeness (QED) is 0.605. The maximum atomic E-state index is 12.9. The molecule has 0 bridgehead atoms. The number of aryl methyl sites for hydroxylation is 1.